The van der Waals surface area contributed by atoms with E-state index in [1.807, 2.05) is 27.7 Å². The normalized spacial score (nSPS) is 11.0. The molecule has 0 saturated carbocycles. The maximum Gasteiger partial charge on any atom is 0.294 e. The van der Waals surface area contributed by atoms with Crippen molar-refractivity contribution in [2.24, 2.45) is 5.73 Å². The van der Waals surface area contributed by atoms with E-state index < -0.39 is 11.5 Å². The van der Waals surface area contributed by atoms with Gasteiger partial charge in [0.2, 0.25) is 5.91 Å². The average molecular weight is 666 g/mol. The second kappa shape index (κ2) is 17.1. The zero-order chi connectivity index (χ0) is 31.8. The number of carbonyl (C=O) groups is 2. The molecule has 1 aromatic heterocycles. The maximum absolute atomic E-state index is 13.6. The molecule has 0 aliphatic carbocycles. The molecule has 0 radical (unpaired) electrons. The number of halogens is 2. The number of nitrogen functional groups attached to an aromatic ring is 2. The van der Waals surface area contributed by atoms with Crippen LogP contribution in [0.25, 0.3) is 11.3 Å². The summed E-state index contributed by atoms with van der Waals surface area (Å²) in [4.78, 5) is 44.0. The average Bonchev–Trinajstić information content (AvgIpc) is 2.96. The van der Waals surface area contributed by atoms with Crippen LogP contribution in [0.15, 0.2) is 41.3 Å². The van der Waals surface area contributed by atoms with Crippen LogP contribution in [0, 0.1) is 5.41 Å². The molecule has 8 N–H and O–H groups in total. The largest absolute Gasteiger partial charge is 0.496 e. The minimum atomic E-state index is -0.518. The lowest BCUT2D eigenvalue weighted by Gasteiger charge is -2.18. The number of amides is 2. The molecular weight excluding hydrogens is 623 g/mol. The highest BCUT2D eigenvalue weighted by atomic mass is 35.5. The van der Waals surface area contributed by atoms with Gasteiger partial charge < -0.3 is 36.9 Å². The first-order valence-corrected chi connectivity index (χ1v) is 13.8. The predicted octanol–water partition coefficient (Wildman–Crippen LogP) is 3.30. The van der Waals surface area contributed by atoms with Gasteiger partial charge in [-0.25, -0.2) is 4.98 Å². The van der Waals surface area contributed by atoms with Gasteiger partial charge in [0.15, 0.2) is 5.82 Å². The summed E-state index contributed by atoms with van der Waals surface area (Å²) < 4.78 is 12.2. The van der Waals surface area contributed by atoms with Gasteiger partial charge in [-0.1, -0.05) is 6.92 Å². The predicted molar refractivity (Wildman–Crippen MR) is 181 cm³/mol. The Labute approximate surface area is 274 Å². The molecule has 45 heavy (non-hydrogen) atoms. The fraction of sp³-hybridized carbons (Fsp3) is 0.367. The van der Waals surface area contributed by atoms with Crippen molar-refractivity contribution < 1.29 is 19.1 Å². The minimum Gasteiger partial charge on any atom is -0.496 e. The van der Waals surface area contributed by atoms with Crippen LogP contribution in [0.3, 0.4) is 0 Å². The number of rotatable bonds is 13. The van der Waals surface area contributed by atoms with E-state index in [0.29, 0.717) is 45.1 Å². The second-order valence-electron chi connectivity index (χ2n) is 10.4. The topological polar surface area (TPSA) is 199 Å². The Bertz CT molecular complexity index is 1550. The molecule has 0 spiro atoms. The highest BCUT2D eigenvalue weighted by molar-refractivity contribution is 5.97. The van der Waals surface area contributed by atoms with E-state index in [1.165, 1.54) is 25.0 Å². The number of aromatic nitrogens is 2. The molecule has 0 aliphatic heterocycles. The smallest absolute Gasteiger partial charge is 0.294 e. The summed E-state index contributed by atoms with van der Waals surface area (Å²) in [5, 5.41) is 16.5. The molecule has 15 heteroatoms. The van der Waals surface area contributed by atoms with Crippen molar-refractivity contribution in [3.05, 3.63) is 63.6 Å². The SMILES string of the molecule is CC[C@@H](C)NC(=O)c1cc(N)cc(-c2cnc(NC(C)C)c(=O)n2CC(=O)NCc2c(OC)cc(C(=N)N)cc2OC)c1.Cl.Cl. The third-order valence-corrected chi connectivity index (χ3v) is 6.67. The van der Waals surface area contributed by atoms with Gasteiger partial charge >= 0.3 is 0 Å². The van der Waals surface area contributed by atoms with Gasteiger partial charge in [-0.2, -0.15) is 0 Å². The van der Waals surface area contributed by atoms with Gasteiger partial charge in [0.1, 0.15) is 23.9 Å². The standard InChI is InChI=1S/C30H40N8O5.2ClH/c1-7-17(4)37-29(40)20-8-18(9-21(31)10-20)23-14-35-28(36-16(2)3)30(41)38(23)15-26(39)34-13-22-24(42-5)11-19(27(32)33)12-25(22)43-6;;/h8-12,14,16-17H,7,13,15,31H2,1-6H3,(H3,32,33)(H,34,39)(H,35,36)(H,37,40);2*1H/t17-;;/m1../s1. The lowest BCUT2D eigenvalue weighted by atomic mass is 10.1. The lowest BCUT2D eigenvalue weighted by molar-refractivity contribution is -0.121. The van der Waals surface area contributed by atoms with Crippen molar-refractivity contribution in [2.45, 2.75) is 59.3 Å². The number of ether oxygens (including phenoxy) is 2. The molecule has 1 heterocycles. The number of anilines is 2. The third kappa shape index (κ3) is 9.75. The molecule has 2 amide bonds. The van der Waals surface area contributed by atoms with Crippen molar-refractivity contribution in [1.82, 2.24) is 20.2 Å². The Morgan fingerprint density at radius 2 is 1.64 bits per heavy atom. The van der Waals surface area contributed by atoms with Gasteiger partial charge in [-0.15, -0.1) is 24.8 Å². The number of hydrogen-bond donors (Lipinski definition) is 6. The van der Waals surface area contributed by atoms with Gasteiger partial charge in [-0.05, 0) is 57.5 Å². The fourth-order valence-corrected chi connectivity index (χ4v) is 4.29. The van der Waals surface area contributed by atoms with Gasteiger partial charge in [0.05, 0.1) is 38.2 Å². The highest BCUT2D eigenvalue weighted by Gasteiger charge is 2.20. The summed E-state index contributed by atoms with van der Waals surface area (Å²) in [6.45, 7) is 7.24. The zero-order valence-electron chi connectivity index (χ0n) is 26.1. The molecule has 2 aromatic carbocycles. The van der Waals surface area contributed by atoms with E-state index in [0.717, 1.165) is 6.42 Å². The minimum absolute atomic E-state index is 0. The number of hydrogen-bond acceptors (Lipinski definition) is 9. The van der Waals surface area contributed by atoms with E-state index >= 15 is 0 Å². The maximum atomic E-state index is 13.6. The monoisotopic (exact) mass is 664 g/mol. The van der Waals surface area contributed by atoms with E-state index in [2.05, 4.69) is 20.9 Å². The number of amidine groups is 1. The molecule has 0 fully saturated rings. The summed E-state index contributed by atoms with van der Waals surface area (Å²) in [5.41, 5.74) is 13.6. The van der Waals surface area contributed by atoms with E-state index in [1.54, 1.807) is 30.3 Å². The number of benzene rings is 2. The summed E-state index contributed by atoms with van der Waals surface area (Å²) in [7, 11) is 2.91. The Morgan fingerprint density at radius 3 is 2.18 bits per heavy atom. The third-order valence-electron chi connectivity index (χ3n) is 6.67. The van der Waals surface area contributed by atoms with E-state index in [-0.39, 0.29) is 67.5 Å². The van der Waals surface area contributed by atoms with Gasteiger partial charge in [-0.3, -0.25) is 24.4 Å². The second-order valence-corrected chi connectivity index (χ2v) is 10.4. The van der Waals surface area contributed by atoms with Crippen molar-refractivity contribution in [3.63, 3.8) is 0 Å². The van der Waals surface area contributed by atoms with Crippen LogP contribution in [-0.4, -0.2) is 53.5 Å². The first-order valence-electron chi connectivity index (χ1n) is 13.8. The Kier molecular flexibility index (Phi) is 14.7. The molecule has 0 saturated heterocycles. The number of nitrogens with two attached hydrogens (primary N) is 2. The summed E-state index contributed by atoms with van der Waals surface area (Å²) in [6, 6.07) is 7.81. The first kappa shape index (κ1) is 38.5. The van der Waals surface area contributed by atoms with Crippen LogP contribution in [0.2, 0.25) is 0 Å². The highest BCUT2D eigenvalue weighted by Crippen LogP contribution is 2.30. The lowest BCUT2D eigenvalue weighted by Crippen LogP contribution is -2.35. The van der Waals surface area contributed by atoms with Crippen LogP contribution < -0.4 is 42.5 Å². The number of nitrogens with one attached hydrogen (secondary N) is 4. The molecule has 3 aromatic rings. The summed E-state index contributed by atoms with van der Waals surface area (Å²) in [5.74, 6) is -0.128. The molecule has 246 valence electrons. The molecular formula is C30H42Cl2N8O5. The van der Waals surface area contributed by atoms with Crippen LogP contribution in [-0.2, 0) is 17.9 Å². The molecule has 3 rings (SSSR count). The van der Waals surface area contributed by atoms with Crippen molar-refractivity contribution >= 4 is 54.0 Å². The van der Waals surface area contributed by atoms with Crippen molar-refractivity contribution in [2.75, 3.05) is 25.3 Å². The number of methoxy groups -OCH3 is 2. The zero-order valence-corrected chi connectivity index (χ0v) is 27.8. The first-order chi connectivity index (χ1) is 20.4. The quantitative estimate of drug-likeness (QED) is 0.0901. The van der Waals surface area contributed by atoms with Gasteiger partial charge in [0.25, 0.3) is 11.5 Å². The molecule has 13 nitrogen and oxygen atoms in total. The number of nitrogens with zero attached hydrogens (tertiary/aromatic N) is 2. The van der Waals surface area contributed by atoms with Crippen molar-refractivity contribution in [1.29, 1.82) is 5.41 Å². The summed E-state index contributed by atoms with van der Waals surface area (Å²) >= 11 is 0. The van der Waals surface area contributed by atoms with Crippen LogP contribution in [0.4, 0.5) is 11.5 Å². The molecule has 0 bridgehead atoms. The fourth-order valence-electron chi connectivity index (χ4n) is 4.29. The molecule has 1 atom stereocenters. The van der Waals surface area contributed by atoms with Gasteiger partial charge in [0, 0.05) is 34.5 Å². The van der Waals surface area contributed by atoms with E-state index in [9.17, 15) is 14.4 Å². The van der Waals surface area contributed by atoms with Crippen LogP contribution in [0.5, 0.6) is 11.5 Å². The Hall–Kier alpha value is -4.49. The van der Waals surface area contributed by atoms with Crippen molar-refractivity contribution in [3.8, 4) is 22.8 Å². The van der Waals surface area contributed by atoms with E-state index in [4.69, 9.17) is 26.4 Å². The summed E-state index contributed by atoms with van der Waals surface area (Å²) in [6.07, 6.45) is 2.22. The Morgan fingerprint density at radius 1 is 1.02 bits per heavy atom. The van der Waals surface area contributed by atoms with Crippen LogP contribution in [0.1, 0.15) is 55.6 Å². The molecule has 0 unspecified atom stereocenters. The number of carbonyl (C=O) groups excluding carboxylic acids is 2. The molecule has 0 aliphatic rings. The Balaban J connectivity index is 0.00000506. The van der Waals surface area contributed by atoms with Crippen LogP contribution >= 0.6 is 24.8 Å².